The molecular weight excluding hydrogens is 290 g/mol. The van der Waals surface area contributed by atoms with Gasteiger partial charge in [0.25, 0.3) is 0 Å². The molecule has 0 radical (unpaired) electrons. The van der Waals surface area contributed by atoms with E-state index in [9.17, 15) is 5.26 Å². The molecule has 0 aliphatic rings. The molecule has 3 rings (SSSR count). The van der Waals surface area contributed by atoms with E-state index in [1.807, 2.05) is 24.3 Å². The maximum Gasteiger partial charge on any atom is 0.0991 e. The third-order valence-electron chi connectivity index (χ3n) is 4.23. The summed E-state index contributed by atoms with van der Waals surface area (Å²) in [6.07, 6.45) is 0. The molecule has 0 bridgehead atoms. The van der Waals surface area contributed by atoms with Gasteiger partial charge in [-0.25, -0.2) is 0 Å². The summed E-state index contributed by atoms with van der Waals surface area (Å²) in [6.45, 7) is 6.69. The standard InChI is InChI=1S/C23H21N/c1-23(2,3)22-14-20(18-9-5-4-6-10-18)13-21(15-22)19-11-7-8-17(12-19)16-24/h4-15H,1-3H3. The number of hydrogen-bond acceptors (Lipinski definition) is 1. The van der Waals surface area contributed by atoms with Crippen LogP contribution in [0, 0.1) is 11.3 Å². The van der Waals surface area contributed by atoms with Crippen molar-refractivity contribution in [3.63, 3.8) is 0 Å². The highest BCUT2D eigenvalue weighted by Crippen LogP contribution is 2.33. The molecule has 0 unspecified atom stereocenters. The highest BCUT2D eigenvalue weighted by atomic mass is 14.2. The zero-order valence-corrected chi connectivity index (χ0v) is 14.4. The number of hydrogen-bond donors (Lipinski definition) is 0. The summed E-state index contributed by atoms with van der Waals surface area (Å²) in [5, 5.41) is 9.18. The molecule has 0 N–H and O–H groups in total. The fraction of sp³-hybridized carbons (Fsp3) is 0.174. The molecule has 0 saturated heterocycles. The zero-order valence-electron chi connectivity index (χ0n) is 14.4. The van der Waals surface area contributed by atoms with Crippen LogP contribution in [0.2, 0.25) is 0 Å². The van der Waals surface area contributed by atoms with Gasteiger partial charge in [-0.15, -0.1) is 0 Å². The highest BCUT2D eigenvalue weighted by Gasteiger charge is 2.16. The van der Waals surface area contributed by atoms with Crippen LogP contribution in [0.5, 0.6) is 0 Å². The molecule has 0 heterocycles. The third kappa shape index (κ3) is 3.39. The van der Waals surface area contributed by atoms with Crippen molar-refractivity contribution in [2.45, 2.75) is 26.2 Å². The van der Waals surface area contributed by atoms with E-state index in [1.54, 1.807) is 0 Å². The average Bonchev–Trinajstić information content (AvgIpc) is 2.61. The van der Waals surface area contributed by atoms with Crippen LogP contribution < -0.4 is 0 Å². The number of benzene rings is 3. The maximum absolute atomic E-state index is 9.18. The Morgan fingerprint density at radius 1 is 0.667 bits per heavy atom. The second kappa shape index (κ2) is 6.34. The SMILES string of the molecule is CC(C)(C)c1cc(-c2ccccc2)cc(-c2cccc(C#N)c2)c1. The minimum atomic E-state index is 0.0619. The molecule has 24 heavy (non-hydrogen) atoms. The Bertz CT molecular complexity index is 893. The normalized spacial score (nSPS) is 11.1. The lowest BCUT2D eigenvalue weighted by Gasteiger charge is -2.22. The van der Waals surface area contributed by atoms with E-state index in [-0.39, 0.29) is 5.41 Å². The first-order chi connectivity index (χ1) is 11.5. The Kier molecular flexibility index (Phi) is 4.23. The van der Waals surface area contributed by atoms with Gasteiger partial charge in [-0.3, -0.25) is 0 Å². The molecule has 0 aromatic heterocycles. The number of rotatable bonds is 2. The summed E-state index contributed by atoms with van der Waals surface area (Å²) in [5.41, 5.74) is 6.69. The lowest BCUT2D eigenvalue weighted by atomic mass is 9.83. The molecule has 0 aliphatic carbocycles. The molecule has 0 amide bonds. The van der Waals surface area contributed by atoms with Gasteiger partial charge in [0.15, 0.2) is 0 Å². The molecule has 0 aliphatic heterocycles. The van der Waals surface area contributed by atoms with Gasteiger partial charge in [-0.05, 0) is 51.4 Å². The van der Waals surface area contributed by atoms with Crippen molar-refractivity contribution in [3.05, 3.63) is 83.9 Å². The first-order valence-electron chi connectivity index (χ1n) is 8.19. The summed E-state index contributed by atoms with van der Waals surface area (Å²) in [7, 11) is 0. The van der Waals surface area contributed by atoms with Gasteiger partial charge in [0.05, 0.1) is 11.6 Å². The number of nitriles is 1. The predicted octanol–water partition coefficient (Wildman–Crippen LogP) is 6.19. The third-order valence-corrected chi connectivity index (χ3v) is 4.23. The summed E-state index contributed by atoms with van der Waals surface area (Å²) >= 11 is 0. The van der Waals surface area contributed by atoms with Crippen molar-refractivity contribution in [1.29, 1.82) is 5.26 Å². The second-order valence-electron chi connectivity index (χ2n) is 7.11. The Hall–Kier alpha value is -2.85. The molecule has 118 valence electrons. The van der Waals surface area contributed by atoms with Crippen molar-refractivity contribution in [3.8, 4) is 28.3 Å². The summed E-state index contributed by atoms with van der Waals surface area (Å²) in [5.74, 6) is 0. The Morgan fingerprint density at radius 3 is 1.92 bits per heavy atom. The quantitative estimate of drug-likeness (QED) is 0.553. The van der Waals surface area contributed by atoms with E-state index in [2.05, 4.69) is 75.4 Å². The molecule has 1 nitrogen and oxygen atoms in total. The van der Waals surface area contributed by atoms with Gasteiger partial charge in [0, 0.05) is 0 Å². The van der Waals surface area contributed by atoms with Crippen molar-refractivity contribution in [1.82, 2.24) is 0 Å². The maximum atomic E-state index is 9.18. The van der Waals surface area contributed by atoms with Crippen LogP contribution >= 0.6 is 0 Å². The van der Waals surface area contributed by atoms with Crippen LogP contribution in [0.25, 0.3) is 22.3 Å². The largest absolute Gasteiger partial charge is 0.192 e. The molecule has 0 atom stereocenters. The van der Waals surface area contributed by atoms with E-state index in [1.165, 1.54) is 16.7 Å². The van der Waals surface area contributed by atoms with Gasteiger partial charge < -0.3 is 0 Å². The van der Waals surface area contributed by atoms with Crippen LogP contribution in [0.1, 0.15) is 31.9 Å². The average molecular weight is 311 g/mol. The van der Waals surface area contributed by atoms with Gasteiger partial charge >= 0.3 is 0 Å². The van der Waals surface area contributed by atoms with Gasteiger partial charge in [-0.2, -0.15) is 5.26 Å². The Balaban J connectivity index is 2.21. The Morgan fingerprint density at radius 2 is 1.29 bits per heavy atom. The summed E-state index contributed by atoms with van der Waals surface area (Å²) in [6, 6.07) is 27.2. The first-order valence-corrected chi connectivity index (χ1v) is 8.19. The van der Waals surface area contributed by atoms with Crippen LogP contribution in [0.4, 0.5) is 0 Å². The fourth-order valence-corrected chi connectivity index (χ4v) is 2.79. The fourth-order valence-electron chi connectivity index (χ4n) is 2.79. The molecule has 3 aromatic rings. The molecule has 0 fully saturated rings. The summed E-state index contributed by atoms with van der Waals surface area (Å²) < 4.78 is 0. The van der Waals surface area contributed by atoms with Crippen LogP contribution in [-0.4, -0.2) is 0 Å². The molecule has 3 aromatic carbocycles. The smallest absolute Gasteiger partial charge is 0.0991 e. The van der Waals surface area contributed by atoms with Crippen molar-refractivity contribution in [2.24, 2.45) is 0 Å². The molecule has 0 spiro atoms. The van der Waals surface area contributed by atoms with Crippen LogP contribution in [0.15, 0.2) is 72.8 Å². The van der Waals surface area contributed by atoms with Crippen LogP contribution in [-0.2, 0) is 5.41 Å². The van der Waals surface area contributed by atoms with Crippen molar-refractivity contribution < 1.29 is 0 Å². The second-order valence-corrected chi connectivity index (χ2v) is 7.11. The van der Waals surface area contributed by atoms with E-state index in [0.717, 1.165) is 11.1 Å². The van der Waals surface area contributed by atoms with Crippen LogP contribution in [0.3, 0.4) is 0 Å². The van der Waals surface area contributed by atoms with E-state index >= 15 is 0 Å². The lowest BCUT2D eigenvalue weighted by Crippen LogP contribution is -2.11. The van der Waals surface area contributed by atoms with E-state index < -0.39 is 0 Å². The predicted molar refractivity (Wildman–Crippen MR) is 101 cm³/mol. The minimum absolute atomic E-state index is 0.0619. The topological polar surface area (TPSA) is 23.8 Å². The van der Waals surface area contributed by atoms with E-state index in [4.69, 9.17) is 0 Å². The molecule has 1 heteroatoms. The summed E-state index contributed by atoms with van der Waals surface area (Å²) in [4.78, 5) is 0. The lowest BCUT2D eigenvalue weighted by molar-refractivity contribution is 0.590. The Labute approximate surface area is 144 Å². The van der Waals surface area contributed by atoms with Gasteiger partial charge in [0.1, 0.15) is 0 Å². The zero-order chi connectivity index (χ0) is 17.2. The first kappa shape index (κ1) is 16.0. The van der Waals surface area contributed by atoms with Crippen molar-refractivity contribution in [2.75, 3.05) is 0 Å². The highest BCUT2D eigenvalue weighted by molar-refractivity contribution is 5.75. The number of nitrogens with zero attached hydrogens (tertiary/aromatic N) is 1. The minimum Gasteiger partial charge on any atom is -0.192 e. The molecular formula is C23H21N. The monoisotopic (exact) mass is 311 g/mol. The van der Waals surface area contributed by atoms with E-state index in [0.29, 0.717) is 5.56 Å². The van der Waals surface area contributed by atoms with Gasteiger partial charge in [-0.1, -0.05) is 75.4 Å². The van der Waals surface area contributed by atoms with Gasteiger partial charge in [0.2, 0.25) is 0 Å². The van der Waals surface area contributed by atoms with Crippen molar-refractivity contribution >= 4 is 0 Å². The molecule has 0 saturated carbocycles.